The maximum Gasteiger partial charge on any atom is 0.274 e. The molecule has 3 aromatic rings. The lowest BCUT2D eigenvalue weighted by atomic mass is 9.73. The summed E-state index contributed by atoms with van der Waals surface area (Å²) < 4.78 is 1.70. The van der Waals surface area contributed by atoms with Gasteiger partial charge in [-0.1, -0.05) is 18.2 Å². The SMILES string of the molecule is Cc1cc(C(=O)N2CC[C@]3(C(=O)Nc4ccccc43)[C@@H]2c2cnn(C)c2)n[nH]1. The fraction of sp³-hybridized carbons (Fsp3) is 0.300. The van der Waals surface area contributed by atoms with Gasteiger partial charge in [0.25, 0.3) is 5.91 Å². The second kappa shape index (κ2) is 5.79. The Hall–Kier alpha value is -3.42. The molecule has 0 radical (unpaired) electrons. The molecule has 0 unspecified atom stereocenters. The molecule has 4 heterocycles. The number of aromatic nitrogens is 4. The van der Waals surface area contributed by atoms with Gasteiger partial charge in [-0.2, -0.15) is 10.2 Å². The predicted molar refractivity (Wildman–Crippen MR) is 102 cm³/mol. The van der Waals surface area contributed by atoms with Crippen LogP contribution < -0.4 is 5.32 Å². The molecule has 1 spiro atoms. The Bertz CT molecular complexity index is 1100. The van der Waals surface area contributed by atoms with Crippen LogP contribution in [0.15, 0.2) is 42.7 Å². The first kappa shape index (κ1) is 16.7. The maximum absolute atomic E-state index is 13.3. The number of carbonyl (C=O) groups is 2. The van der Waals surface area contributed by atoms with Gasteiger partial charge < -0.3 is 10.2 Å². The summed E-state index contributed by atoms with van der Waals surface area (Å²) in [5, 5.41) is 14.3. The van der Waals surface area contributed by atoms with E-state index in [0.29, 0.717) is 18.7 Å². The molecule has 1 fully saturated rings. The van der Waals surface area contributed by atoms with Gasteiger partial charge in [0.2, 0.25) is 5.91 Å². The van der Waals surface area contributed by atoms with Crippen LogP contribution in [-0.2, 0) is 17.3 Å². The number of amides is 2. The molecule has 1 saturated heterocycles. The highest BCUT2D eigenvalue weighted by atomic mass is 16.2. The number of nitrogens with one attached hydrogen (secondary N) is 2. The number of carbonyl (C=O) groups excluding carboxylic acids is 2. The molecule has 0 aliphatic carbocycles. The molecular weight excluding hydrogens is 356 g/mol. The summed E-state index contributed by atoms with van der Waals surface area (Å²) in [4.78, 5) is 28.3. The van der Waals surface area contributed by atoms with Crippen molar-refractivity contribution in [3.8, 4) is 0 Å². The zero-order valence-corrected chi connectivity index (χ0v) is 15.6. The van der Waals surface area contributed by atoms with E-state index < -0.39 is 11.5 Å². The van der Waals surface area contributed by atoms with E-state index in [0.717, 1.165) is 22.5 Å². The number of nitrogens with zero attached hydrogens (tertiary/aromatic N) is 4. The third kappa shape index (κ3) is 2.17. The van der Waals surface area contributed by atoms with Crippen LogP contribution in [-0.4, -0.2) is 43.2 Å². The van der Waals surface area contributed by atoms with Crippen molar-refractivity contribution in [1.82, 2.24) is 24.9 Å². The summed E-state index contributed by atoms with van der Waals surface area (Å²) in [7, 11) is 1.83. The summed E-state index contributed by atoms with van der Waals surface area (Å²) in [6, 6.07) is 9.00. The third-order valence-corrected chi connectivity index (χ3v) is 5.81. The Morgan fingerprint density at radius 1 is 1.32 bits per heavy atom. The standard InChI is InChI=1S/C20H20N6O2/c1-12-9-16(24-23-12)18(27)26-8-7-20(17(26)13-10-21-25(2)11-13)14-5-3-4-6-15(14)22-19(20)28/h3-6,9-11,17H,7-8H2,1-2H3,(H,22,28)(H,23,24)/t17-,20+/m0/s1. The highest BCUT2D eigenvalue weighted by Crippen LogP contribution is 2.54. The lowest BCUT2D eigenvalue weighted by Crippen LogP contribution is -2.42. The normalized spacial score (nSPS) is 23.3. The van der Waals surface area contributed by atoms with E-state index in [1.54, 1.807) is 21.8 Å². The number of para-hydroxylation sites is 1. The topological polar surface area (TPSA) is 95.9 Å². The van der Waals surface area contributed by atoms with Crippen molar-refractivity contribution >= 4 is 17.5 Å². The molecule has 8 heteroatoms. The number of hydrogen-bond donors (Lipinski definition) is 2. The highest BCUT2D eigenvalue weighted by Gasteiger charge is 2.59. The molecule has 8 nitrogen and oxygen atoms in total. The first-order valence-electron chi connectivity index (χ1n) is 9.23. The number of aromatic amines is 1. The van der Waals surface area contributed by atoms with Gasteiger partial charge in [0, 0.05) is 36.7 Å². The van der Waals surface area contributed by atoms with E-state index in [-0.39, 0.29) is 11.8 Å². The number of rotatable bonds is 2. The number of H-pyrrole nitrogens is 1. The molecule has 2 atom stereocenters. The van der Waals surface area contributed by atoms with Gasteiger partial charge >= 0.3 is 0 Å². The summed E-state index contributed by atoms with van der Waals surface area (Å²) in [5.41, 5.74) is 2.93. The number of benzene rings is 1. The molecule has 2 amide bonds. The minimum absolute atomic E-state index is 0.0731. The van der Waals surface area contributed by atoms with Crippen molar-refractivity contribution < 1.29 is 9.59 Å². The molecule has 5 rings (SSSR count). The molecule has 142 valence electrons. The highest BCUT2D eigenvalue weighted by molar-refractivity contribution is 6.08. The second-order valence-corrected chi connectivity index (χ2v) is 7.51. The van der Waals surface area contributed by atoms with Crippen LogP contribution in [0.25, 0.3) is 0 Å². The monoisotopic (exact) mass is 376 g/mol. The largest absolute Gasteiger partial charge is 0.329 e. The number of fused-ring (bicyclic) bond motifs is 2. The van der Waals surface area contributed by atoms with Crippen molar-refractivity contribution in [2.45, 2.75) is 24.8 Å². The van der Waals surface area contributed by atoms with Gasteiger partial charge in [0.05, 0.1) is 12.2 Å². The Labute approximate surface area is 161 Å². The van der Waals surface area contributed by atoms with Gasteiger partial charge in [0.15, 0.2) is 0 Å². The Morgan fingerprint density at radius 2 is 2.14 bits per heavy atom. The molecule has 0 saturated carbocycles. The van der Waals surface area contributed by atoms with Crippen LogP contribution in [0.1, 0.15) is 39.8 Å². The van der Waals surface area contributed by atoms with E-state index in [1.165, 1.54) is 0 Å². The molecule has 2 aromatic heterocycles. The minimum atomic E-state index is -0.833. The Morgan fingerprint density at radius 3 is 2.86 bits per heavy atom. The van der Waals surface area contributed by atoms with Crippen molar-refractivity contribution in [2.24, 2.45) is 7.05 Å². The van der Waals surface area contributed by atoms with E-state index in [1.807, 2.05) is 44.4 Å². The number of aryl methyl sites for hydroxylation is 2. The zero-order valence-electron chi connectivity index (χ0n) is 15.6. The summed E-state index contributed by atoms with van der Waals surface area (Å²) in [6.07, 6.45) is 4.16. The fourth-order valence-corrected chi connectivity index (χ4v) is 4.62. The van der Waals surface area contributed by atoms with Crippen molar-refractivity contribution in [3.05, 3.63) is 65.2 Å². The number of anilines is 1. The van der Waals surface area contributed by atoms with Crippen LogP contribution in [0.2, 0.25) is 0 Å². The Kier molecular flexibility index (Phi) is 3.46. The van der Waals surface area contributed by atoms with Gasteiger partial charge in [-0.15, -0.1) is 0 Å². The van der Waals surface area contributed by atoms with E-state index in [4.69, 9.17) is 0 Å². The quantitative estimate of drug-likeness (QED) is 0.714. The lowest BCUT2D eigenvalue weighted by Gasteiger charge is -2.33. The smallest absolute Gasteiger partial charge is 0.274 e. The molecule has 2 N–H and O–H groups in total. The van der Waals surface area contributed by atoms with Crippen LogP contribution in [0, 0.1) is 6.92 Å². The number of hydrogen-bond acceptors (Lipinski definition) is 4. The third-order valence-electron chi connectivity index (χ3n) is 5.81. The Balaban J connectivity index is 1.67. The van der Waals surface area contributed by atoms with E-state index >= 15 is 0 Å². The molecule has 0 bridgehead atoms. The van der Waals surface area contributed by atoms with Crippen LogP contribution in [0.4, 0.5) is 5.69 Å². The van der Waals surface area contributed by atoms with Gasteiger partial charge in [-0.05, 0) is 31.0 Å². The average Bonchev–Trinajstić information content (AvgIpc) is 3.43. The number of likely N-dealkylation sites (tertiary alicyclic amines) is 1. The molecule has 2 aliphatic heterocycles. The zero-order chi connectivity index (χ0) is 19.5. The van der Waals surface area contributed by atoms with Crippen LogP contribution in [0.3, 0.4) is 0 Å². The van der Waals surface area contributed by atoms with Gasteiger partial charge in [-0.3, -0.25) is 19.4 Å². The van der Waals surface area contributed by atoms with Crippen molar-refractivity contribution in [2.75, 3.05) is 11.9 Å². The average molecular weight is 376 g/mol. The predicted octanol–water partition coefficient (Wildman–Crippen LogP) is 1.93. The van der Waals surface area contributed by atoms with Crippen LogP contribution >= 0.6 is 0 Å². The van der Waals surface area contributed by atoms with E-state index in [9.17, 15) is 9.59 Å². The van der Waals surface area contributed by atoms with Gasteiger partial charge in [-0.25, -0.2) is 0 Å². The first-order valence-corrected chi connectivity index (χ1v) is 9.23. The first-order chi connectivity index (χ1) is 13.5. The molecule has 1 aromatic carbocycles. The lowest BCUT2D eigenvalue weighted by molar-refractivity contribution is -0.121. The molecule has 2 aliphatic rings. The summed E-state index contributed by atoms with van der Waals surface area (Å²) in [5.74, 6) is -0.261. The maximum atomic E-state index is 13.3. The van der Waals surface area contributed by atoms with E-state index in [2.05, 4.69) is 20.6 Å². The van der Waals surface area contributed by atoms with Crippen LogP contribution in [0.5, 0.6) is 0 Å². The second-order valence-electron chi connectivity index (χ2n) is 7.51. The van der Waals surface area contributed by atoms with Crippen molar-refractivity contribution in [1.29, 1.82) is 0 Å². The van der Waals surface area contributed by atoms with Crippen molar-refractivity contribution in [3.63, 3.8) is 0 Å². The minimum Gasteiger partial charge on any atom is -0.329 e. The molecular formula is C20H20N6O2. The summed E-state index contributed by atoms with van der Waals surface area (Å²) >= 11 is 0. The van der Waals surface area contributed by atoms with Gasteiger partial charge in [0.1, 0.15) is 11.1 Å². The summed E-state index contributed by atoms with van der Waals surface area (Å²) in [6.45, 7) is 2.32. The molecule has 28 heavy (non-hydrogen) atoms. The fourth-order valence-electron chi connectivity index (χ4n) is 4.62.